The second-order valence-corrected chi connectivity index (χ2v) is 6.78. The van der Waals surface area contributed by atoms with Gasteiger partial charge in [0.05, 0.1) is 5.57 Å². The van der Waals surface area contributed by atoms with E-state index < -0.39 is 23.8 Å². The Bertz CT molecular complexity index is 847. The molecule has 0 spiro atoms. The van der Waals surface area contributed by atoms with E-state index in [-0.39, 0.29) is 5.75 Å². The second-order valence-electron chi connectivity index (χ2n) is 5.20. The summed E-state index contributed by atoms with van der Waals surface area (Å²) >= 11 is 7.15. The molecule has 2 aromatic rings. The lowest BCUT2D eigenvalue weighted by Gasteiger charge is -2.27. The van der Waals surface area contributed by atoms with Crippen LogP contribution in [0.25, 0.3) is 6.08 Å². The minimum Gasteiger partial charge on any atom is -0.478 e. The number of carbonyl (C=O) groups is 1. The van der Waals surface area contributed by atoms with Gasteiger partial charge in [0.1, 0.15) is 5.75 Å². The molecule has 0 aliphatic carbocycles. The molecule has 130 valence electrons. The van der Waals surface area contributed by atoms with Crippen LogP contribution < -0.4 is 4.74 Å². The van der Waals surface area contributed by atoms with Crippen molar-refractivity contribution < 1.29 is 27.8 Å². The van der Waals surface area contributed by atoms with Gasteiger partial charge < -0.3 is 9.84 Å². The number of ether oxygens (including phenoxy) is 1. The fourth-order valence-electron chi connectivity index (χ4n) is 2.29. The number of hydrogen-bond acceptors (Lipinski definition) is 3. The molecule has 2 aromatic carbocycles. The molecule has 1 N–H and O–H groups in total. The van der Waals surface area contributed by atoms with Crippen molar-refractivity contribution in [2.45, 2.75) is 22.1 Å². The summed E-state index contributed by atoms with van der Waals surface area (Å²) in [6.45, 7) is 0. The summed E-state index contributed by atoms with van der Waals surface area (Å²) in [4.78, 5) is 12.6. The molecule has 3 rings (SSSR count). The molecule has 0 fully saturated rings. The van der Waals surface area contributed by atoms with Crippen molar-refractivity contribution in [2.75, 3.05) is 0 Å². The Morgan fingerprint density at radius 1 is 1.12 bits per heavy atom. The maximum absolute atomic E-state index is 13.1. The number of halogens is 4. The van der Waals surface area contributed by atoms with E-state index in [9.17, 15) is 18.0 Å². The van der Waals surface area contributed by atoms with Crippen molar-refractivity contribution in [1.29, 1.82) is 0 Å². The summed E-state index contributed by atoms with van der Waals surface area (Å²) in [5.74, 6) is -1.67. The highest BCUT2D eigenvalue weighted by Gasteiger charge is 2.48. The van der Waals surface area contributed by atoms with Crippen LogP contribution in [0, 0.1) is 0 Å². The lowest BCUT2D eigenvalue weighted by Crippen LogP contribution is -2.40. The third-order valence-electron chi connectivity index (χ3n) is 3.42. The molecule has 25 heavy (non-hydrogen) atoms. The number of alkyl halides is 3. The standard InChI is InChI=1S/C17H10ClF3O3S/c18-10-2-5-11(6-3-10)25-12-4-1-9-7-13(16(22)23)15(17(19,20)21)24-14(9)8-12/h1-8,15H,(H,22,23). The van der Waals surface area contributed by atoms with Crippen LogP contribution in [-0.2, 0) is 4.79 Å². The minimum atomic E-state index is -4.82. The van der Waals surface area contributed by atoms with Gasteiger partial charge in [0, 0.05) is 20.4 Å². The van der Waals surface area contributed by atoms with Crippen molar-refractivity contribution in [3.05, 3.63) is 58.6 Å². The van der Waals surface area contributed by atoms with Crippen molar-refractivity contribution in [2.24, 2.45) is 0 Å². The number of hydrogen-bond donors (Lipinski definition) is 1. The topological polar surface area (TPSA) is 46.5 Å². The molecule has 8 heteroatoms. The first kappa shape index (κ1) is 17.7. The lowest BCUT2D eigenvalue weighted by molar-refractivity contribution is -0.187. The number of rotatable bonds is 3. The Hall–Kier alpha value is -2.12. The van der Waals surface area contributed by atoms with Gasteiger partial charge in [0.15, 0.2) is 0 Å². The van der Waals surface area contributed by atoms with Crippen LogP contribution in [0.5, 0.6) is 5.75 Å². The first-order valence-corrected chi connectivity index (χ1v) is 8.19. The predicted molar refractivity (Wildman–Crippen MR) is 88.1 cm³/mol. The zero-order valence-electron chi connectivity index (χ0n) is 12.4. The second kappa shape index (κ2) is 6.65. The molecular weight excluding hydrogens is 377 g/mol. The molecule has 0 amide bonds. The van der Waals surface area contributed by atoms with E-state index in [1.165, 1.54) is 23.9 Å². The highest BCUT2D eigenvalue weighted by molar-refractivity contribution is 7.99. The first-order chi connectivity index (χ1) is 11.7. The van der Waals surface area contributed by atoms with E-state index in [0.717, 1.165) is 11.0 Å². The van der Waals surface area contributed by atoms with Gasteiger partial charge in [-0.05, 0) is 42.5 Å². The summed E-state index contributed by atoms with van der Waals surface area (Å²) in [5, 5.41) is 9.59. The van der Waals surface area contributed by atoms with Crippen LogP contribution in [0.4, 0.5) is 13.2 Å². The van der Waals surface area contributed by atoms with E-state index in [0.29, 0.717) is 15.5 Å². The maximum Gasteiger partial charge on any atom is 0.430 e. The summed E-state index contributed by atoms with van der Waals surface area (Å²) in [6.07, 6.45) is -6.31. The highest BCUT2D eigenvalue weighted by atomic mass is 35.5. The molecule has 3 nitrogen and oxygen atoms in total. The predicted octanol–water partition coefficient (Wildman–Crippen LogP) is 5.28. The SMILES string of the molecule is O=C(O)C1=Cc2ccc(Sc3ccc(Cl)cc3)cc2OC1C(F)(F)F. The fraction of sp³-hybridized carbons (Fsp3) is 0.118. The van der Waals surface area contributed by atoms with Gasteiger partial charge in [0.25, 0.3) is 0 Å². The molecule has 0 saturated carbocycles. The largest absolute Gasteiger partial charge is 0.478 e. The Balaban J connectivity index is 1.93. The van der Waals surface area contributed by atoms with E-state index in [1.54, 1.807) is 30.3 Å². The molecule has 0 bridgehead atoms. The van der Waals surface area contributed by atoms with Gasteiger partial charge in [-0.1, -0.05) is 29.4 Å². The molecule has 0 saturated heterocycles. The zero-order chi connectivity index (χ0) is 18.2. The first-order valence-electron chi connectivity index (χ1n) is 7.00. The summed E-state index contributed by atoms with van der Waals surface area (Å²) in [5.41, 5.74) is -0.545. The van der Waals surface area contributed by atoms with Crippen molar-refractivity contribution >= 4 is 35.4 Å². The Labute approximate surface area is 150 Å². The Kier molecular flexibility index (Phi) is 4.71. The molecule has 1 heterocycles. The van der Waals surface area contributed by atoms with Crippen LogP contribution in [0.3, 0.4) is 0 Å². The number of carboxylic acids is 1. The fourth-order valence-corrected chi connectivity index (χ4v) is 3.26. The van der Waals surface area contributed by atoms with E-state index in [4.69, 9.17) is 21.4 Å². The van der Waals surface area contributed by atoms with Crippen LogP contribution >= 0.6 is 23.4 Å². The molecule has 0 radical (unpaired) electrons. The van der Waals surface area contributed by atoms with Gasteiger partial charge in [0.2, 0.25) is 6.10 Å². The van der Waals surface area contributed by atoms with Crippen LogP contribution in [0.15, 0.2) is 57.8 Å². The van der Waals surface area contributed by atoms with E-state index >= 15 is 0 Å². The monoisotopic (exact) mass is 386 g/mol. The molecule has 0 aromatic heterocycles. The number of aliphatic carboxylic acids is 1. The third-order valence-corrected chi connectivity index (χ3v) is 4.67. The summed E-state index contributed by atoms with van der Waals surface area (Å²) < 4.78 is 44.2. The van der Waals surface area contributed by atoms with Crippen molar-refractivity contribution in [3.8, 4) is 5.75 Å². The van der Waals surface area contributed by atoms with Gasteiger partial charge in [-0.25, -0.2) is 4.79 Å². The molecule has 1 aliphatic rings. The van der Waals surface area contributed by atoms with Crippen LogP contribution in [0.2, 0.25) is 5.02 Å². The summed E-state index contributed by atoms with van der Waals surface area (Å²) in [6, 6.07) is 11.7. The number of benzene rings is 2. The number of carboxylic acid groups (broad SMARTS) is 1. The minimum absolute atomic E-state index is 0.00807. The smallest absolute Gasteiger partial charge is 0.430 e. The van der Waals surface area contributed by atoms with Crippen molar-refractivity contribution in [3.63, 3.8) is 0 Å². The maximum atomic E-state index is 13.1. The van der Waals surface area contributed by atoms with Gasteiger partial charge in [-0.2, -0.15) is 13.2 Å². The van der Waals surface area contributed by atoms with Crippen LogP contribution in [0.1, 0.15) is 5.56 Å². The van der Waals surface area contributed by atoms with E-state index in [2.05, 4.69) is 0 Å². The Morgan fingerprint density at radius 3 is 2.36 bits per heavy atom. The van der Waals surface area contributed by atoms with E-state index in [1.807, 2.05) is 0 Å². The molecule has 1 aliphatic heterocycles. The Morgan fingerprint density at radius 2 is 1.76 bits per heavy atom. The number of fused-ring (bicyclic) bond motifs is 1. The average Bonchev–Trinajstić information content (AvgIpc) is 2.55. The quantitative estimate of drug-likeness (QED) is 0.779. The van der Waals surface area contributed by atoms with Gasteiger partial charge in [-0.15, -0.1) is 0 Å². The molecular formula is C17H10ClF3O3S. The molecule has 1 unspecified atom stereocenters. The third kappa shape index (κ3) is 3.93. The lowest BCUT2D eigenvalue weighted by atomic mass is 10.0. The molecule has 1 atom stereocenters. The summed E-state index contributed by atoms with van der Waals surface area (Å²) in [7, 11) is 0. The highest BCUT2D eigenvalue weighted by Crippen LogP contribution is 2.40. The average molecular weight is 387 g/mol. The zero-order valence-corrected chi connectivity index (χ0v) is 14.0. The normalized spacial score (nSPS) is 16.6. The van der Waals surface area contributed by atoms with Gasteiger partial charge in [-0.3, -0.25) is 0 Å². The van der Waals surface area contributed by atoms with Crippen LogP contribution in [-0.4, -0.2) is 23.4 Å². The van der Waals surface area contributed by atoms with Crippen molar-refractivity contribution in [1.82, 2.24) is 0 Å². The van der Waals surface area contributed by atoms with Gasteiger partial charge >= 0.3 is 12.1 Å².